The summed E-state index contributed by atoms with van der Waals surface area (Å²) in [7, 11) is -3.54. The highest BCUT2D eigenvalue weighted by Gasteiger charge is 2.40. The Balaban J connectivity index is 1.98. The van der Waals surface area contributed by atoms with Crippen molar-refractivity contribution in [1.82, 2.24) is 9.03 Å². The van der Waals surface area contributed by atoms with E-state index in [0.29, 0.717) is 45.1 Å². The van der Waals surface area contributed by atoms with Gasteiger partial charge in [0.25, 0.3) is 10.2 Å². The number of nitrogens with zero attached hydrogens (tertiary/aromatic N) is 1. The van der Waals surface area contributed by atoms with Crippen LogP contribution in [0.5, 0.6) is 0 Å². The summed E-state index contributed by atoms with van der Waals surface area (Å²) in [4.78, 5) is 11.7. The van der Waals surface area contributed by atoms with Crippen LogP contribution in [0.25, 0.3) is 0 Å². The van der Waals surface area contributed by atoms with E-state index in [1.807, 2.05) is 0 Å². The van der Waals surface area contributed by atoms with Gasteiger partial charge < -0.3 is 10.5 Å². The van der Waals surface area contributed by atoms with Gasteiger partial charge in [0.15, 0.2) is 0 Å². The van der Waals surface area contributed by atoms with Gasteiger partial charge >= 0.3 is 0 Å². The van der Waals surface area contributed by atoms with Crippen LogP contribution in [0, 0.1) is 11.3 Å². The third kappa shape index (κ3) is 3.94. The van der Waals surface area contributed by atoms with Gasteiger partial charge in [-0.15, -0.1) is 0 Å². The molecule has 2 rings (SSSR count). The van der Waals surface area contributed by atoms with Gasteiger partial charge in [-0.3, -0.25) is 4.79 Å². The van der Waals surface area contributed by atoms with Crippen LogP contribution in [0.4, 0.5) is 0 Å². The summed E-state index contributed by atoms with van der Waals surface area (Å²) in [6, 6.07) is 0. The summed E-state index contributed by atoms with van der Waals surface area (Å²) in [5.41, 5.74) is 4.66. The number of nitrogens with one attached hydrogen (secondary N) is 1. The molecule has 2 fully saturated rings. The highest BCUT2D eigenvalue weighted by Crippen LogP contribution is 2.30. The first-order chi connectivity index (χ1) is 9.86. The Morgan fingerprint density at radius 2 is 1.90 bits per heavy atom. The van der Waals surface area contributed by atoms with Crippen LogP contribution >= 0.6 is 0 Å². The number of primary amides is 1. The van der Waals surface area contributed by atoms with Gasteiger partial charge in [-0.1, -0.05) is 6.92 Å². The molecule has 0 saturated carbocycles. The SMILES string of the molecule is CC1CCN(S(=O)(=O)NCC2(C(N)=O)CCOCC2)CC1. The van der Waals surface area contributed by atoms with E-state index in [4.69, 9.17) is 10.5 Å². The van der Waals surface area contributed by atoms with E-state index in [0.717, 1.165) is 12.8 Å². The molecule has 21 heavy (non-hydrogen) atoms. The lowest BCUT2D eigenvalue weighted by Gasteiger charge is -2.35. The molecule has 122 valence electrons. The van der Waals surface area contributed by atoms with Crippen molar-refractivity contribution in [3.63, 3.8) is 0 Å². The lowest BCUT2D eigenvalue weighted by Crippen LogP contribution is -2.52. The van der Waals surface area contributed by atoms with Gasteiger partial charge in [0.2, 0.25) is 5.91 Å². The van der Waals surface area contributed by atoms with Crippen LogP contribution < -0.4 is 10.5 Å². The van der Waals surface area contributed by atoms with Gasteiger partial charge in [-0.05, 0) is 31.6 Å². The van der Waals surface area contributed by atoms with Crippen molar-refractivity contribution in [2.24, 2.45) is 17.1 Å². The Bertz CT molecular complexity index is 466. The summed E-state index contributed by atoms with van der Waals surface area (Å²) in [5.74, 6) is 0.102. The summed E-state index contributed by atoms with van der Waals surface area (Å²) in [5, 5.41) is 0. The number of piperidine rings is 1. The van der Waals surface area contributed by atoms with Crippen molar-refractivity contribution >= 4 is 16.1 Å². The fraction of sp³-hybridized carbons (Fsp3) is 0.923. The predicted octanol–water partition coefficient (Wildman–Crippen LogP) is -0.165. The van der Waals surface area contributed by atoms with Crippen molar-refractivity contribution < 1.29 is 17.9 Å². The van der Waals surface area contributed by atoms with Crippen LogP contribution in [-0.4, -0.2) is 51.5 Å². The molecule has 2 aliphatic heterocycles. The number of hydrogen-bond donors (Lipinski definition) is 2. The molecule has 2 heterocycles. The molecule has 8 heteroatoms. The predicted molar refractivity (Wildman–Crippen MR) is 78.6 cm³/mol. The minimum Gasteiger partial charge on any atom is -0.381 e. The maximum Gasteiger partial charge on any atom is 0.279 e. The van der Waals surface area contributed by atoms with E-state index >= 15 is 0 Å². The molecule has 0 aliphatic carbocycles. The molecular formula is C13H25N3O4S. The van der Waals surface area contributed by atoms with Crippen LogP contribution in [0.1, 0.15) is 32.6 Å². The molecule has 3 N–H and O–H groups in total. The van der Waals surface area contributed by atoms with Crippen LogP contribution in [0.3, 0.4) is 0 Å². The molecule has 0 unspecified atom stereocenters. The smallest absolute Gasteiger partial charge is 0.279 e. The molecule has 7 nitrogen and oxygen atoms in total. The lowest BCUT2D eigenvalue weighted by molar-refractivity contribution is -0.132. The molecular weight excluding hydrogens is 294 g/mol. The first kappa shape index (κ1) is 16.7. The Kier molecular flexibility index (Phi) is 5.24. The third-order valence-corrected chi connectivity index (χ3v) is 6.20. The van der Waals surface area contributed by atoms with Crippen molar-refractivity contribution in [3.8, 4) is 0 Å². The molecule has 2 aliphatic rings. The molecule has 2 saturated heterocycles. The van der Waals surface area contributed by atoms with Crippen LogP contribution in [0.15, 0.2) is 0 Å². The van der Waals surface area contributed by atoms with Crippen molar-refractivity contribution in [1.29, 1.82) is 0 Å². The van der Waals surface area contributed by atoms with Gasteiger partial charge in [0, 0.05) is 32.8 Å². The molecule has 1 amide bonds. The molecule has 0 aromatic carbocycles. The van der Waals surface area contributed by atoms with Gasteiger partial charge in [-0.25, -0.2) is 4.72 Å². The quantitative estimate of drug-likeness (QED) is 0.735. The van der Waals surface area contributed by atoms with Crippen molar-refractivity contribution in [3.05, 3.63) is 0 Å². The monoisotopic (exact) mass is 319 g/mol. The summed E-state index contributed by atoms with van der Waals surface area (Å²) < 4.78 is 33.9. The van der Waals surface area contributed by atoms with Gasteiger partial charge in [0.05, 0.1) is 5.41 Å². The normalized spacial score (nSPS) is 24.8. The molecule has 0 atom stereocenters. The molecule has 0 bridgehead atoms. The average molecular weight is 319 g/mol. The Morgan fingerprint density at radius 3 is 2.43 bits per heavy atom. The highest BCUT2D eigenvalue weighted by atomic mass is 32.2. The maximum atomic E-state index is 12.3. The highest BCUT2D eigenvalue weighted by molar-refractivity contribution is 7.87. The number of ether oxygens (including phenoxy) is 1. The molecule has 0 spiro atoms. The minimum absolute atomic E-state index is 0.0556. The van der Waals surface area contributed by atoms with Gasteiger partial charge in [-0.2, -0.15) is 12.7 Å². The summed E-state index contributed by atoms with van der Waals surface area (Å²) in [6.45, 7) is 4.12. The number of carbonyl (C=O) groups excluding carboxylic acids is 1. The number of hydrogen-bond acceptors (Lipinski definition) is 4. The number of carbonyl (C=O) groups is 1. The first-order valence-electron chi connectivity index (χ1n) is 7.48. The average Bonchev–Trinajstić information content (AvgIpc) is 2.46. The van der Waals surface area contributed by atoms with Crippen molar-refractivity contribution in [2.75, 3.05) is 32.8 Å². The second kappa shape index (κ2) is 6.60. The van der Waals surface area contributed by atoms with Gasteiger partial charge in [0.1, 0.15) is 0 Å². The Morgan fingerprint density at radius 1 is 1.33 bits per heavy atom. The Hall–Kier alpha value is -0.700. The summed E-state index contributed by atoms with van der Waals surface area (Å²) >= 11 is 0. The Labute approximate surface area is 126 Å². The van der Waals surface area contributed by atoms with E-state index in [2.05, 4.69) is 11.6 Å². The molecule has 0 aromatic heterocycles. The number of nitrogens with two attached hydrogens (primary N) is 1. The number of amides is 1. The van der Waals surface area contributed by atoms with E-state index in [1.54, 1.807) is 0 Å². The maximum absolute atomic E-state index is 12.3. The standard InChI is InChI=1S/C13H25N3O4S/c1-11-2-6-16(7-3-11)21(18,19)15-10-13(12(14)17)4-8-20-9-5-13/h11,15H,2-10H2,1H3,(H2,14,17). The lowest BCUT2D eigenvalue weighted by atomic mass is 9.80. The van der Waals surface area contributed by atoms with E-state index in [-0.39, 0.29) is 6.54 Å². The largest absolute Gasteiger partial charge is 0.381 e. The second-order valence-electron chi connectivity index (χ2n) is 6.16. The summed E-state index contributed by atoms with van der Waals surface area (Å²) in [6.07, 6.45) is 2.66. The van der Waals surface area contributed by atoms with E-state index < -0.39 is 21.5 Å². The minimum atomic E-state index is -3.54. The molecule has 0 radical (unpaired) electrons. The third-order valence-electron chi connectivity index (χ3n) is 4.65. The first-order valence-corrected chi connectivity index (χ1v) is 8.92. The fourth-order valence-corrected chi connectivity index (χ4v) is 4.15. The second-order valence-corrected chi connectivity index (χ2v) is 7.92. The van der Waals surface area contributed by atoms with E-state index in [9.17, 15) is 13.2 Å². The molecule has 0 aromatic rings. The van der Waals surface area contributed by atoms with E-state index in [1.165, 1.54) is 4.31 Å². The fourth-order valence-electron chi connectivity index (χ4n) is 2.82. The van der Waals surface area contributed by atoms with Crippen molar-refractivity contribution in [2.45, 2.75) is 32.6 Å². The zero-order valence-electron chi connectivity index (χ0n) is 12.5. The van der Waals surface area contributed by atoms with Crippen LogP contribution in [0.2, 0.25) is 0 Å². The van der Waals surface area contributed by atoms with Crippen LogP contribution in [-0.2, 0) is 19.7 Å². The zero-order valence-corrected chi connectivity index (χ0v) is 13.3. The number of rotatable bonds is 5. The zero-order chi connectivity index (χ0) is 15.5. The topological polar surface area (TPSA) is 102 Å².